The molecule has 1 saturated carbocycles. The number of methoxy groups -OCH3 is 1. The van der Waals surface area contributed by atoms with Crippen LogP contribution in [-0.2, 0) is 11.3 Å². The molecule has 0 aromatic carbocycles. The van der Waals surface area contributed by atoms with E-state index in [9.17, 15) is 0 Å². The molecular formula is C13H22N2O2. The first-order valence-electron chi connectivity index (χ1n) is 6.18. The number of rotatable bonds is 7. The fourth-order valence-corrected chi connectivity index (χ4v) is 2.29. The highest BCUT2D eigenvalue weighted by Crippen LogP contribution is 2.34. The quantitative estimate of drug-likeness (QED) is 0.784. The molecule has 1 aliphatic carbocycles. The summed E-state index contributed by atoms with van der Waals surface area (Å²) >= 11 is 0. The molecule has 1 fully saturated rings. The van der Waals surface area contributed by atoms with E-state index in [4.69, 9.17) is 14.9 Å². The van der Waals surface area contributed by atoms with Crippen molar-refractivity contribution in [1.29, 1.82) is 0 Å². The highest BCUT2D eigenvalue weighted by Gasteiger charge is 2.40. The van der Waals surface area contributed by atoms with Gasteiger partial charge in [-0.3, -0.25) is 4.90 Å². The lowest BCUT2D eigenvalue weighted by Gasteiger charge is -2.40. The summed E-state index contributed by atoms with van der Waals surface area (Å²) in [6.45, 7) is 4.23. The molecule has 0 aliphatic heterocycles. The number of hydrogen-bond donors (Lipinski definition) is 1. The zero-order valence-corrected chi connectivity index (χ0v) is 10.7. The van der Waals surface area contributed by atoms with Crippen LogP contribution in [0, 0.1) is 0 Å². The average molecular weight is 238 g/mol. The fraction of sp³-hybridized carbons (Fsp3) is 0.692. The normalized spacial score (nSPS) is 19.5. The lowest BCUT2D eigenvalue weighted by molar-refractivity contribution is 0.0119. The van der Waals surface area contributed by atoms with Crippen LogP contribution in [0.4, 0.5) is 0 Å². The summed E-state index contributed by atoms with van der Waals surface area (Å²) < 4.78 is 10.8. The van der Waals surface area contributed by atoms with E-state index >= 15 is 0 Å². The van der Waals surface area contributed by atoms with Crippen LogP contribution in [0.5, 0.6) is 0 Å². The summed E-state index contributed by atoms with van der Waals surface area (Å²) in [6.07, 6.45) is 4.22. The van der Waals surface area contributed by atoms with Crippen LogP contribution in [0.15, 0.2) is 22.8 Å². The average Bonchev–Trinajstić information content (AvgIpc) is 3.03. The second-order valence-corrected chi connectivity index (χ2v) is 5.07. The van der Waals surface area contributed by atoms with Crippen LogP contribution in [0.2, 0.25) is 0 Å². The number of nitrogens with two attached hydrogens (primary N) is 1. The van der Waals surface area contributed by atoms with Crippen LogP contribution in [0.25, 0.3) is 0 Å². The molecule has 1 aliphatic rings. The van der Waals surface area contributed by atoms with Gasteiger partial charge in [0.2, 0.25) is 0 Å². The molecule has 2 N–H and O–H groups in total. The van der Waals surface area contributed by atoms with Gasteiger partial charge in [-0.2, -0.15) is 0 Å². The van der Waals surface area contributed by atoms with Gasteiger partial charge < -0.3 is 14.9 Å². The predicted octanol–water partition coefficient (Wildman–Crippen LogP) is 1.61. The zero-order valence-electron chi connectivity index (χ0n) is 10.7. The van der Waals surface area contributed by atoms with E-state index in [0.717, 1.165) is 12.3 Å². The summed E-state index contributed by atoms with van der Waals surface area (Å²) in [7, 11) is 1.73. The van der Waals surface area contributed by atoms with Gasteiger partial charge in [-0.05, 0) is 31.9 Å². The maximum absolute atomic E-state index is 5.94. The van der Waals surface area contributed by atoms with E-state index in [2.05, 4.69) is 11.8 Å². The van der Waals surface area contributed by atoms with E-state index in [1.807, 2.05) is 12.1 Å². The van der Waals surface area contributed by atoms with Crippen LogP contribution >= 0.6 is 0 Å². The summed E-state index contributed by atoms with van der Waals surface area (Å²) in [4.78, 5) is 2.43. The lowest BCUT2D eigenvalue weighted by atomic mass is 10.0. The third-order valence-corrected chi connectivity index (χ3v) is 3.48. The smallest absolute Gasteiger partial charge is 0.117 e. The van der Waals surface area contributed by atoms with Gasteiger partial charge in [0.05, 0.1) is 25.0 Å². The monoisotopic (exact) mass is 238 g/mol. The Morgan fingerprint density at radius 1 is 1.59 bits per heavy atom. The molecule has 17 heavy (non-hydrogen) atoms. The molecule has 1 aromatic heterocycles. The van der Waals surface area contributed by atoms with E-state index in [1.165, 1.54) is 12.8 Å². The van der Waals surface area contributed by atoms with Gasteiger partial charge in [0.25, 0.3) is 0 Å². The van der Waals surface area contributed by atoms with Crippen molar-refractivity contribution in [2.45, 2.75) is 37.9 Å². The van der Waals surface area contributed by atoms with Crippen LogP contribution < -0.4 is 5.73 Å². The van der Waals surface area contributed by atoms with E-state index in [0.29, 0.717) is 19.2 Å². The summed E-state index contributed by atoms with van der Waals surface area (Å²) in [5.74, 6) is 0.993. The Balaban J connectivity index is 2.10. The van der Waals surface area contributed by atoms with Crippen molar-refractivity contribution in [2.24, 2.45) is 5.73 Å². The van der Waals surface area contributed by atoms with E-state index < -0.39 is 0 Å². The van der Waals surface area contributed by atoms with E-state index in [1.54, 1.807) is 13.4 Å². The first-order valence-corrected chi connectivity index (χ1v) is 6.18. The van der Waals surface area contributed by atoms with Crippen molar-refractivity contribution >= 4 is 0 Å². The van der Waals surface area contributed by atoms with Crippen molar-refractivity contribution in [3.05, 3.63) is 24.2 Å². The van der Waals surface area contributed by atoms with E-state index in [-0.39, 0.29) is 5.54 Å². The highest BCUT2D eigenvalue weighted by molar-refractivity contribution is 5.04. The second-order valence-electron chi connectivity index (χ2n) is 5.07. The number of ether oxygens (including phenoxy) is 1. The Labute approximate surface area is 103 Å². The Hall–Kier alpha value is -0.840. The maximum Gasteiger partial charge on any atom is 0.117 e. The molecule has 1 atom stereocenters. The highest BCUT2D eigenvalue weighted by atomic mass is 16.5. The van der Waals surface area contributed by atoms with Gasteiger partial charge in [-0.25, -0.2) is 0 Å². The van der Waals surface area contributed by atoms with Crippen molar-refractivity contribution < 1.29 is 9.15 Å². The van der Waals surface area contributed by atoms with Gasteiger partial charge in [-0.15, -0.1) is 0 Å². The molecule has 4 heteroatoms. The minimum Gasteiger partial charge on any atom is -0.468 e. The topological polar surface area (TPSA) is 51.6 Å². The largest absolute Gasteiger partial charge is 0.468 e. The van der Waals surface area contributed by atoms with Gasteiger partial charge in [0.15, 0.2) is 0 Å². The molecule has 2 rings (SSSR count). The Morgan fingerprint density at radius 2 is 2.35 bits per heavy atom. The Bertz CT molecular complexity index is 335. The number of furan rings is 1. The first kappa shape index (κ1) is 12.6. The molecule has 0 saturated heterocycles. The SMILES string of the molecule is COCC(C)(CN)N(Cc1ccco1)C1CC1. The second kappa shape index (κ2) is 5.21. The van der Waals surface area contributed by atoms with Crippen molar-refractivity contribution in [2.75, 3.05) is 20.3 Å². The zero-order chi connectivity index (χ0) is 12.3. The third kappa shape index (κ3) is 2.89. The molecule has 0 amide bonds. The molecule has 4 nitrogen and oxygen atoms in total. The molecule has 1 unspecified atom stereocenters. The van der Waals surface area contributed by atoms with Crippen LogP contribution in [-0.4, -0.2) is 36.7 Å². The fourth-order valence-electron chi connectivity index (χ4n) is 2.29. The van der Waals surface area contributed by atoms with Crippen molar-refractivity contribution in [3.8, 4) is 0 Å². The molecule has 0 spiro atoms. The minimum atomic E-state index is -0.108. The molecular weight excluding hydrogens is 216 g/mol. The number of hydrogen-bond acceptors (Lipinski definition) is 4. The maximum atomic E-state index is 5.94. The molecule has 1 aromatic rings. The van der Waals surface area contributed by atoms with Crippen LogP contribution in [0.1, 0.15) is 25.5 Å². The van der Waals surface area contributed by atoms with Crippen molar-refractivity contribution in [3.63, 3.8) is 0 Å². The van der Waals surface area contributed by atoms with Gasteiger partial charge in [0.1, 0.15) is 5.76 Å². The standard InChI is InChI=1S/C13H22N2O2/c1-13(9-14,10-16-2)15(11-5-6-11)8-12-4-3-7-17-12/h3-4,7,11H,5-6,8-10,14H2,1-2H3. The summed E-state index contributed by atoms with van der Waals surface area (Å²) in [5.41, 5.74) is 5.83. The first-order chi connectivity index (χ1) is 8.19. The Kier molecular flexibility index (Phi) is 3.86. The summed E-state index contributed by atoms with van der Waals surface area (Å²) in [5, 5.41) is 0. The molecule has 1 heterocycles. The van der Waals surface area contributed by atoms with Gasteiger partial charge in [-0.1, -0.05) is 0 Å². The third-order valence-electron chi connectivity index (χ3n) is 3.48. The molecule has 96 valence electrons. The van der Waals surface area contributed by atoms with Crippen molar-refractivity contribution in [1.82, 2.24) is 4.90 Å². The lowest BCUT2D eigenvalue weighted by Crippen LogP contribution is -2.55. The van der Waals surface area contributed by atoms with Gasteiger partial charge >= 0.3 is 0 Å². The molecule has 0 bridgehead atoms. The number of nitrogens with zero attached hydrogens (tertiary/aromatic N) is 1. The van der Waals surface area contributed by atoms with Gasteiger partial charge in [0, 0.05) is 19.7 Å². The molecule has 0 radical (unpaired) electrons. The Morgan fingerprint density at radius 3 is 2.82 bits per heavy atom. The summed E-state index contributed by atoms with van der Waals surface area (Å²) in [6, 6.07) is 4.57. The van der Waals surface area contributed by atoms with Crippen LogP contribution in [0.3, 0.4) is 0 Å². The minimum absolute atomic E-state index is 0.108. The predicted molar refractivity (Wildman–Crippen MR) is 66.6 cm³/mol.